The number of thiophene rings is 1. The number of carbonyl (C=O) groups is 3. The van der Waals surface area contributed by atoms with Crippen molar-refractivity contribution < 1.29 is 19.5 Å². The lowest BCUT2D eigenvalue weighted by atomic mass is 10.2. The Hall–Kier alpha value is -3.44. The van der Waals surface area contributed by atoms with Gasteiger partial charge in [-0.25, -0.2) is 4.79 Å². The maximum atomic E-state index is 11.8. The smallest absolute Gasteiger partial charge is 0.352 e. The number of amides is 2. The minimum Gasteiger partial charge on any atom is -0.477 e. The number of hydrogen-bond acceptors (Lipinski definition) is 5. The number of carbonyl (C=O) groups excluding carboxylic acids is 2. The number of aromatic nitrogens is 1. The number of nitrogens with zero attached hydrogens (tertiary/aromatic N) is 1. The fourth-order valence-corrected chi connectivity index (χ4v) is 2.02. The molecule has 0 unspecified atom stereocenters. The molecule has 0 radical (unpaired) electrons. The van der Waals surface area contributed by atoms with Crippen LogP contribution in [0.15, 0.2) is 47.7 Å². The number of hydrogen-bond donors (Lipinski definition) is 3. The van der Waals surface area contributed by atoms with Crippen LogP contribution in [-0.2, 0) is 9.59 Å². The van der Waals surface area contributed by atoms with Gasteiger partial charge in [0.15, 0.2) is 0 Å². The number of nitrogens with two attached hydrogens (primary N) is 1. The molecule has 0 atom stereocenters. The van der Waals surface area contributed by atoms with Gasteiger partial charge in [-0.15, -0.1) is 17.8 Å². The van der Waals surface area contributed by atoms with Crippen molar-refractivity contribution in [1.29, 1.82) is 0 Å². The Labute approximate surface area is 141 Å². The van der Waals surface area contributed by atoms with Gasteiger partial charge in [0.05, 0.1) is 5.56 Å². The van der Waals surface area contributed by atoms with Gasteiger partial charge in [0, 0.05) is 17.3 Å². The van der Waals surface area contributed by atoms with Gasteiger partial charge < -0.3 is 16.2 Å². The molecule has 2 amide bonds. The molecular weight excluding hydrogens is 330 g/mol. The van der Waals surface area contributed by atoms with E-state index in [0.717, 1.165) is 4.88 Å². The Kier molecular flexibility index (Phi) is 7.41. The molecule has 0 aliphatic heterocycles. The molecule has 2 heterocycles. The summed E-state index contributed by atoms with van der Waals surface area (Å²) in [6, 6.07) is 6.74. The molecule has 0 saturated heterocycles. The minimum atomic E-state index is -1.19. The topological polar surface area (TPSA) is 122 Å². The van der Waals surface area contributed by atoms with Crippen LogP contribution in [0, 0.1) is 12.3 Å². The summed E-state index contributed by atoms with van der Waals surface area (Å²) in [6.45, 7) is 0. The third-order valence-electron chi connectivity index (χ3n) is 2.37. The molecule has 7 nitrogen and oxygen atoms in total. The minimum absolute atomic E-state index is 0.170. The van der Waals surface area contributed by atoms with E-state index >= 15 is 0 Å². The molecule has 8 heteroatoms. The Morgan fingerprint density at radius 2 is 2.04 bits per heavy atom. The van der Waals surface area contributed by atoms with Crippen molar-refractivity contribution in [1.82, 2.24) is 10.3 Å². The third kappa shape index (κ3) is 6.55. The monoisotopic (exact) mass is 343 g/mol. The normalized spacial score (nSPS) is 9.88. The van der Waals surface area contributed by atoms with Crippen molar-refractivity contribution in [3.05, 3.63) is 58.2 Å². The van der Waals surface area contributed by atoms with E-state index in [-0.39, 0.29) is 5.70 Å². The first-order chi connectivity index (χ1) is 11.4. The lowest BCUT2D eigenvalue weighted by Gasteiger charge is -2.05. The lowest BCUT2D eigenvalue weighted by molar-refractivity contribution is -0.132. The van der Waals surface area contributed by atoms with E-state index in [4.69, 9.17) is 5.11 Å². The summed E-state index contributed by atoms with van der Waals surface area (Å²) < 4.78 is 0. The molecule has 0 fully saturated rings. The quantitative estimate of drug-likeness (QED) is 0.567. The van der Waals surface area contributed by atoms with E-state index in [0.29, 0.717) is 5.56 Å². The van der Waals surface area contributed by atoms with Crippen LogP contribution in [0.4, 0.5) is 0 Å². The van der Waals surface area contributed by atoms with Crippen molar-refractivity contribution in [2.75, 3.05) is 0 Å². The maximum Gasteiger partial charge on any atom is 0.352 e. The van der Waals surface area contributed by atoms with E-state index in [9.17, 15) is 14.4 Å². The van der Waals surface area contributed by atoms with Gasteiger partial charge in [-0.1, -0.05) is 6.07 Å². The standard InChI is InChI=1S/C13H10N2O3S.C3H3NO/c16-12(9-3-1-5-14-8-9)15-11(13(17)18)7-10-4-2-6-19-10;1-2-3(4)5/h1-8H,(H,15,16)(H,17,18);1H,(H2,4,5). The van der Waals surface area contributed by atoms with Gasteiger partial charge in [-0.3, -0.25) is 14.6 Å². The van der Waals surface area contributed by atoms with Crippen LogP contribution in [0.3, 0.4) is 0 Å². The summed E-state index contributed by atoms with van der Waals surface area (Å²) in [5.41, 5.74) is 4.55. The molecule has 24 heavy (non-hydrogen) atoms. The number of rotatable bonds is 4. The third-order valence-corrected chi connectivity index (χ3v) is 3.19. The largest absolute Gasteiger partial charge is 0.477 e. The average molecular weight is 343 g/mol. The molecule has 0 aliphatic rings. The molecule has 0 aromatic carbocycles. The van der Waals surface area contributed by atoms with Crippen LogP contribution < -0.4 is 11.1 Å². The Bertz CT molecular complexity index is 777. The van der Waals surface area contributed by atoms with Crippen LogP contribution >= 0.6 is 11.3 Å². The highest BCUT2D eigenvalue weighted by Gasteiger charge is 2.13. The van der Waals surface area contributed by atoms with E-state index < -0.39 is 17.8 Å². The van der Waals surface area contributed by atoms with E-state index in [1.807, 2.05) is 5.38 Å². The molecule has 0 aliphatic carbocycles. The van der Waals surface area contributed by atoms with E-state index in [1.54, 1.807) is 30.2 Å². The molecule has 122 valence electrons. The second-order valence-corrected chi connectivity index (χ2v) is 5.06. The number of nitrogens with one attached hydrogen (secondary N) is 1. The first-order valence-electron chi connectivity index (χ1n) is 6.40. The van der Waals surface area contributed by atoms with Gasteiger partial charge in [0.2, 0.25) is 0 Å². The number of carboxylic acids is 1. The fraction of sp³-hybridized carbons (Fsp3) is 0. The van der Waals surface area contributed by atoms with Gasteiger partial charge in [-0.05, 0) is 35.6 Å². The predicted molar refractivity (Wildman–Crippen MR) is 89.7 cm³/mol. The van der Waals surface area contributed by atoms with Gasteiger partial charge in [0.1, 0.15) is 5.70 Å². The van der Waals surface area contributed by atoms with Crippen molar-refractivity contribution in [3.8, 4) is 12.3 Å². The summed E-state index contributed by atoms with van der Waals surface area (Å²) in [4.78, 5) is 36.9. The fourth-order valence-electron chi connectivity index (χ4n) is 1.36. The van der Waals surface area contributed by atoms with E-state index in [2.05, 4.69) is 22.5 Å². The zero-order chi connectivity index (χ0) is 17.9. The number of primary amides is 1. The van der Waals surface area contributed by atoms with Crippen molar-refractivity contribution in [2.45, 2.75) is 0 Å². The first kappa shape index (κ1) is 18.6. The number of pyridine rings is 1. The average Bonchev–Trinajstić information content (AvgIpc) is 3.08. The van der Waals surface area contributed by atoms with Crippen LogP contribution in [0.5, 0.6) is 0 Å². The lowest BCUT2D eigenvalue weighted by Crippen LogP contribution is -2.27. The second kappa shape index (κ2) is 9.55. The second-order valence-electron chi connectivity index (χ2n) is 4.08. The maximum absolute atomic E-state index is 11.8. The summed E-state index contributed by atoms with van der Waals surface area (Å²) >= 11 is 1.39. The molecular formula is C16H13N3O4S. The molecule has 2 rings (SSSR count). The summed E-state index contributed by atoms with van der Waals surface area (Å²) in [5, 5.41) is 13.3. The molecule has 0 bridgehead atoms. The highest BCUT2D eigenvalue weighted by molar-refractivity contribution is 7.10. The molecule has 2 aromatic rings. The van der Waals surface area contributed by atoms with Crippen LogP contribution in [0.2, 0.25) is 0 Å². The summed E-state index contributed by atoms with van der Waals surface area (Å²) in [5.74, 6) is -0.742. The number of aliphatic carboxylic acids is 1. The molecule has 4 N–H and O–H groups in total. The Balaban J connectivity index is 0.000000505. The Morgan fingerprint density at radius 3 is 2.50 bits per heavy atom. The molecule has 2 aromatic heterocycles. The zero-order valence-corrected chi connectivity index (χ0v) is 13.1. The molecule has 0 saturated carbocycles. The summed E-state index contributed by atoms with van der Waals surface area (Å²) in [7, 11) is 0. The van der Waals surface area contributed by atoms with Crippen LogP contribution in [-0.4, -0.2) is 27.9 Å². The number of carboxylic acid groups (broad SMARTS) is 1. The Morgan fingerprint density at radius 1 is 1.33 bits per heavy atom. The van der Waals surface area contributed by atoms with Crippen molar-refractivity contribution in [2.24, 2.45) is 5.73 Å². The SMILES string of the molecule is C#CC(N)=O.O=C(O)C(=Cc1cccs1)NC(=O)c1cccnc1. The predicted octanol–water partition coefficient (Wildman–Crippen LogP) is 1.10. The number of terminal acetylenes is 1. The zero-order valence-electron chi connectivity index (χ0n) is 12.3. The van der Waals surface area contributed by atoms with Crippen molar-refractivity contribution in [3.63, 3.8) is 0 Å². The first-order valence-corrected chi connectivity index (χ1v) is 7.28. The van der Waals surface area contributed by atoms with E-state index in [1.165, 1.54) is 29.8 Å². The molecule has 0 spiro atoms. The van der Waals surface area contributed by atoms with Gasteiger partial charge >= 0.3 is 5.97 Å². The van der Waals surface area contributed by atoms with Gasteiger partial charge in [-0.2, -0.15) is 0 Å². The van der Waals surface area contributed by atoms with Crippen LogP contribution in [0.1, 0.15) is 15.2 Å². The highest BCUT2D eigenvalue weighted by atomic mass is 32.1. The summed E-state index contributed by atoms with van der Waals surface area (Å²) in [6.07, 6.45) is 8.78. The van der Waals surface area contributed by atoms with Crippen molar-refractivity contribution >= 4 is 35.2 Å². The van der Waals surface area contributed by atoms with Crippen LogP contribution in [0.25, 0.3) is 6.08 Å². The highest BCUT2D eigenvalue weighted by Crippen LogP contribution is 2.12. The van der Waals surface area contributed by atoms with Gasteiger partial charge in [0.25, 0.3) is 11.8 Å².